The molecule has 1 N–H and O–H groups in total. The molecule has 0 aromatic heterocycles. The van der Waals surface area contributed by atoms with Crippen LogP contribution in [0.15, 0.2) is 24.3 Å². The molecule has 0 bridgehead atoms. The fourth-order valence-corrected chi connectivity index (χ4v) is 2.79. The Morgan fingerprint density at radius 1 is 1.22 bits per heavy atom. The largest absolute Gasteiger partial charge is 0.497 e. The molecule has 0 aliphatic carbocycles. The van der Waals surface area contributed by atoms with Crippen molar-refractivity contribution < 1.29 is 24.2 Å². The Bertz CT molecular complexity index is 581. The van der Waals surface area contributed by atoms with E-state index in [1.165, 1.54) is 4.90 Å². The van der Waals surface area contributed by atoms with Crippen molar-refractivity contribution in [2.45, 2.75) is 38.1 Å². The number of rotatable bonds is 7. The number of carbonyl (C=O) groups is 3. The molecule has 1 aromatic rings. The molecule has 0 saturated carbocycles. The second-order valence-corrected chi connectivity index (χ2v) is 5.59. The van der Waals surface area contributed by atoms with Gasteiger partial charge in [0.15, 0.2) is 5.78 Å². The summed E-state index contributed by atoms with van der Waals surface area (Å²) in [5.74, 6) is -0.482. The summed E-state index contributed by atoms with van der Waals surface area (Å²) in [5.41, 5.74) is 0.586. The Balaban J connectivity index is 1.80. The summed E-state index contributed by atoms with van der Waals surface area (Å²) in [6.07, 6.45) is 2.11. The Morgan fingerprint density at radius 3 is 2.52 bits per heavy atom. The van der Waals surface area contributed by atoms with Crippen molar-refractivity contribution in [3.63, 3.8) is 0 Å². The molecule has 0 radical (unpaired) electrons. The number of carbonyl (C=O) groups excluding carboxylic acids is 2. The predicted molar refractivity (Wildman–Crippen MR) is 83.5 cm³/mol. The molecule has 1 saturated heterocycles. The minimum Gasteiger partial charge on any atom is -0.497 e. The van der Waals surface area contributed by atoms with Crippen LogP contribution in [-0.2, 0) is 9.59 Å². The molecule has 6 heteroatoms. The van der Waals surface area contributed by atoms with Gasteiger partial charge in [0.05, 0.1) is 7.11 Å². The van der Waals surface area contributed by atoms with Crippen molar-refractivity contribution in [2.24, 2.45) is 0 Å². The molecule has 0 spiro atoms. The Morgan fingerprint density at radius 2 is 1.91 bits per heavy atom. The van der Waals surface area contributed by atoms with Crippen molar-refractivity contribution in [2.75, 3.05) is 13.7 Å². The van der Waals surface area contributed by atoms with Crippen LogP contribution in [0.1, 0.15) is 42.5 Å². The maximum absolute atomic E-state index is 12.1. The number of amides is 1. The topological polar surface area (TPSA) is 83.9 Å². The normalized spacial score (nSPS) is 17.1. The number of ether oxygens (including phenoxy) is 1. The molecule has 124 valence electrons. The molecular weight excluding hydrogens is 298 g/mol. The average Bonchev–Trinajstić information content (AvgIpc) is 3.04. The van der Waals surface area contributed by atoms with Crippen molar-refractivity contribution >= 4 is 17.7 Å². The van der Waals surface area contributed by atoms with Crippen LogP contribution in [-0.4, -0.2) is 47.4 Å². The Labute approximate surface area is 135 Å². The summed E-state index contributed by atoms with van der Waals surface area (Å²) in [5, 5.41) is 9.08. The third-order valence-corrected chi connectivity index (χ3v) is 4.06. The number of hydrogen-bond acceptors (Lipinski definition) is 4. The van der Waals surface area contributed by atoms with Crippen LogP contribution in [0.25, 0.3) is 0 Å². The summed E-state index contributed by atoms with van der Waals surface area (Å²) in [7, 11) is 1.56. The van der Waals surface area contributed by atoms with Crippen LogP contribution in [0, 0.1) is 0 Å². The quantitative estimate of drug-likeness (QED) is 0.778. The number of carboxylic acids is 1. The first-order chi connectivity index (χ1) is 11.0. The summed E-state index contributed by atoms with van der Waals surface area (Å²) >= 11 is 0. The molecule has 1 amide bonds. The lowest BCUT2D eigenvalue weighted by Crippen LogP contribution is -2.40. The third kappa shape index (κ3) is 4.31. The molecule has 1 aliphatic rings. The standard InChI is InChI=1S/C17H21NO5/c1-23-13-9-7-12(8-10-13)15(19)5-2-6-16(20)18-11-3-4-14(18)17(21)22/h7-10,14H,2-6,11H2,1H3,(H,21,22)/t14-/m1/s1. The van der Waals surface area contributed by atoms with E-state index in [1.54, 1.807) is 31.4 Å². The van der Waals surface area contributed by atoms with E-state index in [0.717, 1.165) is 0 Å². The number of aliphatic carboxylic acids is 1. The minimum absolute atomic E-state index is 0.0309. The van der Waals surface area contributed by atoms with E-state index < -0.39 is 12.0 Å². The maximum atomic E-state index is 12.1. The number of methoxy groups -OCH3 is 1. The smallest absolute Gasteiger partial charge is 0.326 e. The van der Waals surface area contributed by atoms with Gasteiger partial charge in [0.2, 0.25) is 5.91 Å². The molecule has 6 nitrogen and oxygen atoms in total. The lowest BCUT2D eigenvalue weighted by Gasteiger charge is -2.21. The average molecular weight is 319 g/mol. The van der Waals surface area contributed by atoms with E-state index in [0.29, 0.717) is 37.1 Å². The second-order valence-electron chi connectivity index (χ2n) is 5.59. The van der Waals surface area contributed by atoms with Gasteiger partial charge in [0.25, 0.3) is 0 Å². The van der Waals surface area contributed by atoms with Gasteiger partial charge in [-0.25, -0.2) is 4.79 Å². The zero-order valence-electron chi connectivity index (χ0n) is 13.2. The molecule has 1 atom stereocenters. The zero-order valence-corrected chi connectivity index (χ0v) is 13.2. The second kappa shape index (κ2) is 7.76. The van der Waals surface area contributed by atoms with Crippen molar-refractivity contribution in [3.8, 4) is 5.75 Å². The van der Waals surface area contributed by atoms with E-state index in [1.807, 2.05) is 0 Å². The molecule has 0 unspecified atom stereocenters. The van der Waals surface area contributed by atoms with Gasteiger partial charge in [0.1, 0.15) is 11.8 Å². The van der Waals surface area contributed by atoms with Crippen LogP contribution < -0.4 is 4.74 Å². The molecule has 2 rings (SSSR count). The van der Waals surface area contributed by atoms with Gasteiger partial charge in [-0.15, -0.1) is 0 Å². The lowest BCUT2D eigenvalue weighted by molar-refractivity contribution is -0.148. The van der Waals surface area contributed by atoms with Crippen LogP contribution in [0.3, 0.4) is 0 Å². The number of nitrogens with zero attached hydrogens (tertiary/aromatic N) is 1. The summed E-state index contributed by atoms with van der Waals surface area (Å²) < 4.78 is 5.04. The van der Waals surface area contributed by atoms with E-state index in [9.17, 15) is 14.4 Å². The SMILES string of the molecule is COc1ccc(C(=O)CCCC(=O)N2CCC[C@@H]2C(=O)O)cc1. The van der Waals surface area contributed by atoms with E-state index in [4.69, 9.17) is 9.84 Å². The van der Waals surface area contributed by atoms with Gasteiger partial charge in [0, 0.05) is 24.9 Å². The highest BCUT2D eigenvalue weighted by molar-refractivity contribution is 5.96. The van der Waals surface area contributed by atoms with Gasteiger partial charge >= 0.3 is 5.97 Å². The Kier molecular flexibility index (Phi) is 5.73. The number of benzene rings is 1. The highest BCUT2D eigenvalue weighted by Gasteiger charge is 2.33. The first kappa shape index (κ1) is 17.0. The number of Topliss-reactive ketones (excluding diaryl/α,β-unsaturated/α-hetero) is 1. The van der Waals surface area contributed by atoms with Crippen LogP contribution >= 0.6 is 0 Å². The highest BCUT2D eigenvalue weighted by Crippen LogP contribution is 2.20. The monoisotopic (exact) mass is 319 g/mol. The zero-order chi connectivity index (χ0) is 16.8. The summed E-state index contributed by atoms with van der Waals surface area (Å²) in [4.78, 5) is 36.7. The highest BCUT2D eigenvalue weighted by atomic mass is 16.5. The minimum atomic E-state index is -0.954. The van der Waals surface area contributed by atoms with Crippen LogP contribution in [0.2, 0.25) is 0 Å². The lowest BCUT2D eigenvalue weighted by atomic mass is 10.0. The van der Waals surface area contributed by atoms with Crippen LogP contribution in [0.4, 0.5) is 0 Å². The number of carboxylic acid groups (broad SMARTS) is 1. The maximum Gasteiger partial charge on any atom is 0.326 e. The van der Waals surface area contributed by atoms with E-state index >= 15 is 0 Å². The number of likely N-dealkylation sites (tertiary alicyclic amines) is 1. The summed E-state index contributed by atoms with van der Waals surface area (Å²) in [6, 6.07) is 6.13. The fraction of sp³-hybridized carbons (Fsp3) is 0.471. The predicted octanol–water partition coefficient (Wildman–Crippen LogP) is 2.12. The van der Waals surface area contributed by atoms with Crippen molar-refractivity contribution in [3.05, 3.63) is 29.8 Å². The van der Waals surface area contributed by atoms with E-state index in [2.05, 4.69) is 0 Å². The number of hydrogen-bond donors (Lipinski definition) is 1. The first-order valence-corrected chi connectivity index (χ1v) is 7.72. The molecule has 1 aromatic carbocycles. The summed E-state index contributed by atoms with van der Waals surface area (Å²) in [6.45, 7) is 0.488. The Hall–Kier alpha value is -2.37. The van der Waals surface area contributed by atoms with E-state index in [-0.39, 0.29) is 24.5 Å². The molecule has 1 heterocycles. The van der Waals surface area contributed by atoms with Crippen molar-refractivity contribution in [1.29, 1.82) is 0 Å². The first-order valence-electron chi connectivity index (χ1n) is 7.72. The van der Waals surface area contributed by atoms with Gasteiger partial charge in [-0.1, -0.05) is 0 Å². The van der Waals surface area contributed by atoms with Gasteiger partial charge in [-0.2, -0.15) is 0 Å². The number of ketones is 1. The van der Waals surface area contributed by atoms with Gasteiger partial charge in [-0.05, 0) is 43.5 Å². The third-order valence-electron chi connectivity index (χ3n) is 4.06. The molecular formula is C17H21NO5. The molecule has 1 aliphatic heterocycles. The molecule has 1 fully saturated rings. The van der Waals surface area contributed by atoms with Crippen molar-refractivity contribution in [1.82, 2.24) is 4.90 Å². The van der Waals surface area contributed by atoms with Gasteiger partial charge in [-0.3, -0.25) is 9.59 Å². The van der Waals surface area contributed by atoms with Crippen LogP contribution in [0.5, 0.6) is 5.75 Å². The fourth-order valence-electron chi connectivity index (χ4n) is 2.79. The molecule has 23 heavy (non-hydrogen) atoms. The van der Waals surface area contributed by atoms with Gasteiger partial charge < -0.3 is 14.7 Å².